The number of carboxylic acids is 1. The van der Waals surface area contributed by atoms with Crippen molar-refractivity contribution in [1.29, 1.82) is 0 Å². The van der Waals surface area contributed by atoms with Crippen molar-refractivity contribution in [2.24, 2.45) is 0 Å². The van der Waals surface area contributed by atoms with Gasteiger partial charge in [0.2, 0.25) is 5.54 Å². The molecule has 0 aliphatic carbocycles. The summed E-state index contributed by atoms with van der Waals surface area (Å²) in [6, 6.07) is 0.640. The first-order valence-corrected chi connectivity index (χ1v) is 4.81. The summed E-state index contributed by atoms with van der Waals surface area (Å²) >= 11 is 0. The number of pyridine rings is 1. The molecule has 1 aromatic rings. The van der Waals surface area contributed by atoms with Gasteiger partial charge in [-0.25, -0.2) is 9.18 Å². The number of nitrogens with zero attached hydrogens (tertiary/aromatic N) is 1. The molecule has 5 nitrogen and oxygen atoms in total. The van der Waals surface area contributed by atoms with Crippen molar-refractivity contribution in [1.82, 2.24) is 10.3 Å². The molecule has 0 saturated carbocycles. The van der Waals surface area contributed by atoms with Crippen LogP contribution >= 0.6 is 0 Å². The Morgan fingerprint density at radius 1 is 1.32 bits per heavy atom. The third-order valence-electron chi connectivity index (χ3n) is 2.33. The molecule has 0 fully saturated rings. The van der Waals surface area contributed by atoms with Crippen LogP contribution in [0.4, 0.5) is 17.6 Å². The van der Waals surface area contributed by atoms with Crippen molar-refractivity contribution in [2.45, 2.75) is 18.6 Å². The standard InChI is InChI=1S/C10H8F4N2O3/c1-9(8(18)19,10(12,13)14)16-7(17)5-2-6(11)4-15-3-5/h2-4H,1H3,(H,16,17)(H,18,19). The maximum atomic E-state index is 12.8. The number of amides is 1. The van der Waals surface area contributed by atoms with Gasteiger partial charge in [-0.05, 0) is 13.0 Å². The minimum absolute atomic E-state index is 0.292. The van der Waals surface area contributed by atoms with E-state index in [1.807, 2.05) is 0 Å². The van der Waals surface area contributed by atoms with Crippen molar-refractivity contribution < 1.29 is 32.3 Å². The number of hydrogen-bond donors (Lipinski definition) is 2. The highest BCUT2D eigenvalue weighted by atomic mass is 19.4. The third kappa shape index (κ3) is 2.98. The minimum Gasteiger partial charge on any atom is -0.479 e. The van der Waals surface area contributed by atoms with Crippen molar-refractivity contribution in [3.63, 3.8) is 0 Å². The molecule has 1 atom stereocenters. The fourth-order valence-electron chi connectivity index (χ4n) is 1.08. The van der Waals surface area contributed by atoms with E-state index >= 15 is 0 Å². The summed E-state index contributed by atoms with van der Waals surface area (Å²) in [5, 5.41) is 9.90. The number of carbonyl (C=O) groups is 2. The van der Waals surface area contributed by atoms with E-state index in [1.165, 1.54) is 5.32 Å². The number of aromatic nitrogens is 1. The highest BCUT2D eigenvalue weighted by molar-refractivity contribution is 5.97. The van der Waals surface area contributed by atoms with Crippen LogP contribution in [0.15, 0.2) is 18.5 Å². The van der Waals surface area contributed by atoms with Crippen molar-refractivity contribution in [3.8, 4) is 0 Å². The summed E-state index contributed by atoms with van der Waals surface area (Å²) < 4.78 is 50.6. The van der Waals surface area contributed by atoms with E-state index in [0.29, 0.717) is 13.0 Å². The van der Waals surface area contributed by atoms with Gasteiger partial charge in [0.1, 0.15) is 5.82 Å². The van der Waals surface area contributed by atoms with E-state index in [4.69, 9.17) is 5.11 Å². The summed E-state index contributed by atoms with van der Waals surface area (Å²) in [5.74, 6) is -4.61. The van der Waals surface area contributed by atoms with Gasteiger partial charge < -0.3 is 10.4 Å². The van der Waals surface area contributed by atoms with E-state index in [9.17, 15) is 27.2 Å². The van der Waals surface area contributed by atoms with Crippen molar-refractivity contribution in [3.05, 3.63) is 29.8 Å². The first kappa shape index (κ1) is 14.9. The number of halogens is 4. The topological polar surface area (TPSA) is 79.3 Å². The van der Waals surface area contributed by atoms with E-state index in [-0.39, 0.29) is 0 Å². The Bertz CT molecular complexity index is 518. The lowest BCUT2D eigenvalue weighted by Gasteiger charge is -2.28. The van der Waals surface area contributed by atoms with Crippen LogP contribution < -0.4 is 5.32 Å². The molecule has 0 aliphatic rings. The van der Waals surface area contributed by atoms with E-state index in [0.717, 1.165) is 12.4 Å². The Kier molecular flexibility index (Phi) is 3.78. The average molecular weight is 280 g/mol. The van der Waals surface area contributed by atoms with Gasteiger partial charge in [0, 0.05) is 6.20 Å². The lowest BCUT2D eigenvalue weighted by molar-refractivity contribution is -0.203. The van der Waals surface area contributed by atoms with Gasteiger partial charge in [-0.1, -0.05) is 0 Å². The summed E-state index contributed by atoms with van der Waals surface area (Å²) in [5.41, 5.74) is -3.99. The number of carboxylic acid groups (broad SMARTS) is 1. The third-order valence-corrected chi connectivity index (χ3v) is 2.33. The zero-order valence-corrected chi connectivity index (χ0v) is 9.45. The number of aliphatic carboxylic acids is 1. The molecule has 9 heteroatoms. The average Bonchev–Trinajstić information content (AvgIpc) is 2.27. The van der Waals surface area contributed by atoms with Crippen LogP contribution in [0.3, 0.4) is 0 Å². The summed E-state index contributed by atoms with van der Waals surface area (Å²) in [6.45, 7) is 0.292. The predicted octanol–water partition coefficient (Wildman–Crippen LogP) is 1.36. The number of alkyl halides is 3. The Morgan fingerprint density at radius 2 is 1.89 bits per heavy atom. The highest BCUT2D eigenvalue weighted by Crippen LogP contribution is 2.30. The fraction of sp³-hybridized carbons (Fsp3) is 0.300. The van der Waals surface area contributed by atoms with E-state index in [2.05, 4.69) is 4.98 Å². The maximum absolute atomic E-state index is 12.8. The van der Waals surface area contributed by atoms with Gasteiger partial charge in [-0.15, -0.1) is 0 Å². The van der Waals surface area contributed by atoms with Crippen LogP contribution in [0.1, 0.15) is 17.3 Å². The van der Waals surface area contributed by atoms with Crippen LogP contribution in [-0.2, 0) is 4.79 Å². The minimum atomic E-state index is -5.21. The molecular formula is C10H8F4N2O3. The summed E-state index contributed by atoms with van der Waals surface area (Å²) in [7, 11) is 0. The lowest BCUT2D eigenvalue weighted by atomic mass is 10.0. The zero-order chi connectivity index (χ0) is 14.8. The van der Waals surface area contributed by atoms with E-state index < -0.39 is 35.0 Å². The molecule has 1 heterocycles. The van der Waals surface area contributed by atoms with Gasteiger partial charge in [0.25, 0.3) is 5.91 Å². The van der Waals surface area contributed by atoms with Gasteiger partial charge in [-0.2, -0.15) is 13.2 Å². The van der Waals surface area contributed by atoms with Crippen LogP contribution in [0, 0.1) is 5.82 Å². The van der Waals surface area contributed by atoms with Crippen LogP contribution in [0.25, 0.3) is 0 Å². The van der Waals surface area contributed by atoms with Gasteiger partial charge in [0.05, 0.1) is 11.8 Å². The largest absolute Gasteiger partial charge is 0.479 e. The number of carbonyl (C=O) groups excluding carboxylic acids is 1. The molecule has 0 aliphatic heterocycles. The quantitative estimate of drug-likeness (QED) is 0.819. The first-order chi connectivity index (χ1) is 8.58. The second-order valence-corrected chi connectivity index (χ2v) is 3.77. The molecule has 0 spiro atoms. The highest BCUT2D eigenvalue weighted by Gasteiger charge is 2.58. The second kappa shape index (κ2) is 4.82. The number of nitrogens with one attached hydrogen (secondary N) is 1. The normalized spacial score (nSPS) is 14.6. The van der Waals surface area contributed by atoms with Gasteiger partial charge >= 0.3 is 12.1 Å². The molecule has 1 unspecified atom stereocenters. The molecule has 104 valence electrons. The molecular weight excluding hydrogens is 272 g/mol. The Hall–Kier alpha value is -2.19. The smallest absolute Gasteiger partial charge is 0.422 e. The number of hydrogen-bond acceptors (Lipinski definition) is 3. The molecule has 1 aromatic heterocycles. The van der Waals surface area contributed by atoms with Crippen LogP contribution in [-0.4, -0.2) is 33.7 Å². The molecule has 0 saturated heterocycles. The molecule has 0 radical (unpaired) electrons. The SMILES string of the molecule is CC(NC(=O)c1cncc(F)c1)(C(=O)O)C(F)(F)F. The maximum Gasteiger partial charge on any atom is 0.422 e. The van der Waals surface area contributed by atoms with Crippen LogP contribution in [0.5, 0.6) is 0 Å². The summed E-state index contributed by atoms with van der Waals surface area (Å²) in [4.78, 5) is 25.4. The second-order valence-electron chi connectivity index (χ2n) is 3.77. The molecule has 1 rings (SSSR count). The predicted molar refractivity (Wildman–Crippen MR) is 53.8 cm³/mol. The Labute approximate surface area is 104 Å². The fourth-order valence-corrected chi connectivity index (χ4v) is 1.08. The summed E-state index contributed by atoms with van der Waals surface area (Å²) in [6.07, 6.45) is -3.65. The Balaban J connectivity index is 3.06. The molecule has 2 N–H and O–H groups in total. The first-order valence-electron chi connectivity index (χ1n) is 4.81. The zero-order valence-electron chi connectivity index (χ0n) is 9.45. The van der Waals surface area contributed by atoms with Crippen molar-refractivity contribution in [2.75, 3.05) is 0 Å². The number of rotatable bonds is 3. The Morgan fingerprint density at radius 3 is 2.32 bits per heavy atom. The van der Waals surface area contributed by atoms with E-state index in [1.54, 1.807) is 0 Å². The molecule has 1 amide bonds. The molecule has 0 bridgehead atoms. The molecule has 19 heavy (non-hydrogen) atoms. The monoisotopic (exact) mass is 280 g/mol. The van der Waals surface area contributed by atoms with Gasteiger partial charge in [0.15, 0.2) is 0 Å². The molecule has 0 aromatic carbocycles. The van der Waals surface area contributed by atoms with Crippen molar-refractivity contribution >= 4 is 11.9 Å². The van der Waals surface area contributed by atoms with Crippen LogP contribution in [0.2, 0.25) is 0 Å². The lowest BCUT2D eigenvalue weighted by Crippen LogP contribution is -2.61. The van der Waals surface area contributed by atoms with Gasteiger partial charge in [-0.3, -0.25) is 9.78 Å².